The van der Waals surface area contributed by atoms with Crippen LogP contribution >= 0.6 is 12.0 Å². The van der Waals surface area contributed by atoms with Gasteiger partial charge in [-0.05, 0) is 65.5 Å². The summed E-state index contributed by atoms with van der Waals surface area (Å²) in [5.41, 5.74) is 4.64. The Bertz CT molecular complexity index is 1160. The van der Waals surface area contributed by atoms with Crippen molar-refractivity contribution in [2.45, 2.75) is 37.0 Å². The van der Waals surface area contributed by atoms with Gasteiger partial charge in [-0.15, -0.1) is 0 Å². The summed E-state index contributed by atoms with van der Waals surface area (Å²) in [6.07, 6.45) is 8.35. The number of para-hydroxylation sites is 1. The molecule has 2 aromatic rings. The zero-order chi connectivity index (χ0) is 23.9. The maximum absolute atomic E-state index is 11.1. The van der Waals surface area contributed by atoms with Gasteiger partial charge in [0.05, 0.1) is 22.2 Å². The molecule has 0 fully saturated rings. The topological polar surface area (TPSA) is 111 Å². The van der Waals surface area contributed by atoms with Crippen LogP contribution in [0.1, 0.15) is 37.8 Å². The number of nitrogens with one attached hydrogen (secondary N) is 1. The van der Waals surface area contributed by atoms with Gasteiger partial charge in [0.25, 0.3) is 0 Å². The Morgan fingerprint density at radius 2 is 1.85 bits per heavy atom. The number of allylic oxidation sites excluding steroid dienone is 5. The molecule has 1 aliphatic rings. The van der Waals surface area contributed by atoms with Crippen molar-refractivity contribution in [3.05, 3.63) is 89.7 Å². The summed E-state index contributed by atoms with van der Waals surface area (Å²) >= 11 is 0.822. The van der Waals surface area contributed by atoms with Crippen molar-refractivity contribution in [2.75, 3.05) is 11.1 Å². The molecule has 34 heavy (non-hydrogen) atoms. The van der Waals surface area contributed by atoms with Gasteiger partial charge in [0.15, 0.2) is 0 Å². The van der Waals surface area contributed by atoms with E-state index < -0.39 is 15.9 Å². The van der Waals surface area contributed by atoms with E-state index in [1.807, 2.05) is 66.9 Å². The van der Waals surface area contributed by atoms with Gasteiger partial charge in [-0.1, -0.05) is 50.3 Å². The maximum Gasteiger partial charge on any atom is 1.00 e. The molecule has 3 rings (SSSR count). The number of fused-ring (bicyclic) bond motifs is 1. The van der Waals surface area contributed by atoms with Crippen molar-refractivity contribution in [3.8, 4) is 0 Å². The normalized spacial score (nSPS) is 15.1. The molecule has 0 saturated carbocycles. The Morgan fingerprint density at radius 1 is 1.12 bits per heavy atom. The van der Waals surface area contributed by atoms with E-state index in [0.717, 1.165) is 40.0 Å². The molecule has 2 aromatic carbocycles. The van der Waals surface area contributed by atoms with Gasteiger partial charge in [0, 0.05) is 28.0 Å². The first kappa shape index (κ1) is 28.8. The van der Waals surface area contributed by atoms with E-state index in [4.69, 9.17) is 0 Å². The van der Waals surface area contributed by atoms with Gasteiger partial charge < -0.3 is 15.1 Å². The van der Waals surface area contributed by atoms with Crippen LogP contribution in [0.4, 0.5) is 5.69 Å². The van der Waals surface area contributed by atoms with E-state index in [0.29, 0.717) is 11.3 Å². The number of anilines is 1. The fraction of sp³-hybridized carbons (Fsp3) is 0.250. The van der Waals surface area contributed by atoms with Crippen LogP contribution in [-0.2, 0) is 24.9 Å². The largest absolute Gasteiger partial charge is 1.00 e. The molecule has 176 valence electrons. The molecule has 10 heteroatoms. The van der Waals surface area contributed by atoms with Gasteiger partial charge >= 0.3 is 29.6 Å². The molecule has 0 atom stereocenters. The average molecular weight is 511 g/mol. The molecule has 0 aliphatic heterocycles. The Morgan fingerprint density at radius 3 is 2.53 bits per heavy atom. The molecule has 0 aromatic heterocycles. The van der Waals surface area contributed by atoms with E-state index in [-0.39, 0.29) is 41.4 Å². The minimum atomic E-state index is -4.28. The fourth-order valence-corrected chi connectivity index (χ4v) is 4.86. The van der Waals surface area contributed by atoms with Crippen LogP contribution in [0.2, 0.25) is 0 Å². The number of hydrogen-bond acceptors (Lipinski definition) is 8. The zero-order valence-electron chi connectivity index (χ0n) is 19.3. The Kier molecular flexibility index (Phi) is 11.1. The number of rotatable bonds is 11. The van der Waals surface area contributed by atoms with Crippen molar-refractivity contribution in [3.63, 3.8) is 0 Å². The second-order valence-corrected chi connectivity index (χ2v) is 10.3. The predicted octanol–water partition coefficient (Wildman–Crippen LogP) is 1.47. The van der Waals surface area contributed by atoms with E-state index in [1.165, 1.54) is 0 Å². The van der Waals surface area contributed by atoms with Crippen LogP contribution in [0.25, 0.3) is 5.57 Å². The van der Waals surface area contributed by atoms with E-state index >= 15 is 0 Å². The van der Waals surface area contributed by atoms with Gasteiger partial charge in [0.2, 0.25) is 0 Å². The van der Waals surface area contributed by atoms with Gasteiger partial charge in [-0.25, -0.2) is 8.42 Å². The molecule has 0 bridgehead atoms. The van der Waals surface area contributed by atoms with Crippen molar-refractivity contribution >= 4 is 33.4 Å². The zero-order valence-corrected chi connectivity index (χ0v) is 22.9. The molecule has 1 N–H and O–H groups in total. The summed E-state index contributed by atoms with van der Waals surface area (Å²) in [7, 11) is -4.28. The minimum Gasteiger partial charge on any atom is -0.748 e. The Hall–Kier alpha value is -1.40. The first-order valence-corrected chi connectivity index (χ1v) is 12.6. The molecular formula is C24H25NNaO6S2-. The SMILES string of the molecule is CC1(C)C(/C=C/C=C/Nc2ccccc2)=C(CCCS(=O)(=O)[O-])c2ccc(SOO[O-])cc21.[Na+]. The summed E-state index contributed by atoms with van der Waals surface area (Å²) in [4.78, 5) is 0.705. The summed E-state index contributed by atoms with van der Waals surface area (Å²) in [5, 5.41) is 16.8. The van der Waals surface area contributed by atoms with Crippen LogP contribution in [0, 0.1) is 0 Å². The van der Waals surface area contributed by atoms with Gasteiger partial charge in [-0.2, -0.15) is 4.33 Å². The first-order valence-electron chi connectivity index (χ1n) is 10.3. The molecule has 0 spiro atoms. The van der Waals surface area contributed by atoms with Gasteiger partial charge in [-0.3, -0.25) is 5.04 Å². The van der Waals surface area contributed by atoms with Crippen molar-refractivity contribution < 1.29 is 57.2 Å². The summed E-state index contributed by atoms with van der Waals surface area (Å²) < 4.78 is 37.8. The third kappa shape index (κ3) is 7.81. The third-order valence-corrected chi connectivity index (χ3v) is 6.82. The van der Waals surface area contributed by atoms with Gasteiger partial charge in [0.1, 0.15) is 0 Å². The van der Waals surface area contributed by atoms with Crippen LogP contribution in [0.15, 0.2) is 83.4 Å². The second kappa shape index (κ2) is 13.1. The third-order valence-electron chi connectivity index (χ3n) is 5.46. The molecule has 0 saturated heterocycles. The second-order valence-electron chi connectivity index (χ2n) is 8.04. The Balaban J connectivity index is 0.00000408. The number of benzene rings is 2. The van der Waals surface area contributed by atoms with Crippen LogP contribution in [0.5, 0.6) is 0 Å². The monoisotopic (exact) mass is 510 g/mol. The molecule has 1 aliphatic carbocycles. The number of hydrogen-bond donors (Lipinski definition) is 1. The smallest absolute Gasteiger partial charge is 0.748 e. The van der Waals surface area contributed by atoms with E-state index in [2.05, 4.69) is 28.5 Å². The summed E-state index contributed by atoms with van der Waals surface area (Å²) in [5.74, 6) is -0.410. The van der Waals surface area contributed by atoms with Crippen LogP contribution < -0.4 is 40.1 Å². The molecule has 0 heterocycles. The molecule has 0 amide bonds. The van der Waals surface area contributed by atoms with Crippen molar-refractivity contribution in [1.29, 1.82) is 0 Å². The maximum atomic E-state index is 11.1. The van der Waals surface area contributed by atoms with Crippen molar-refractivity contribution in [1.82, 2.24) is 0 Å². The van der Waals surface area contributed by atoms with Crippen LogP contribution in [0.3, 0.4) is 0 Å². The van der Waals surface area contributed by atoms with E-state index in [9.17, 15) is 18.2 Å². The molecule has 0 unspecified atom stereocenters. The standard InChI is InChI=1S/C24H27NO6S2.Na/c1-24(2)22(12-6-7-15-25-18-9-4-3-5-10-18)20(11-8-16-33(27,28)29)21-14-13-19(17-23(21)24)32-31-30-26;/h3-7,9-10,12-15,17,25-26H,8,11,16H2,1-2H3,(H,27,28,29);/q;+1/p-2/b12-6+,15-7+;. The molecule has 7 nitrogen and oxygen atoms in total. The summed E-state index contributed by atoms with van der Waals surface area (Å²) in [6, 6.07) is 15.4. The molecule has 0 radical (unpaired) electrons. The average Bonchev–Trinajstić information content (AvgIpc) is 2.98. The predicted molar refractivity (Wildman–Crippen MR) is 127 cm³/mol. The van der Waals surface area contributed by atoms with Crippen LogP contribution in [-0.4, -0.2) is 18.7 Å². The minimum absolute atomic E-state index is 0. The Labute approximate surface area is 227 Å². The summed E-state index contributed by atoms with van der Waals surface area (Å²) in [6.45, 7) is 4.16. The quantitative estimate of drug-likeness (QED) is 0.121. The molecular weight excluding hydrogens is 485 g/mol. The fourth-order valence-electron chi connectivity index (χ4n) is 3.97. The van der Waals surface area contributed by atoms with Crippen molar-refractivity contribution in [2.24, 2.45) is 0 Å². The first-order chi connectivity index (χ1) is 15.7. The van der Waals surface area contributed by atoms with E-state index in [1.54, 1.807) is 6.07 Å².